The second-order valence-electron chi connectivity index (χ2n) is 5.57. The number of carbonyl (C=O) groups excluding carboxylic acids is 1. The number of nitro benzene ring substituents is 1. The quantitative estimate of drug-likeness (QED) is 0.282. The van der Waals surface area contributed by atoms with E-state index < -0.39 is 4.92 Å². The maximum absolute atomic E-state index is 12.8. The van der Waals surface area contributed by atoms with E-state index in [1.54, 1.807) is 19.1 Å². The predicted molar refractivity (Wildman–Crippen MR) is 116 cm³/mol. The average Bonchev–Trinajstić information content (AvgIpc) is 2.92. The molecule has 1 saturated heterocycles. The zero-order valence-electron chi connectivity index (χ0n) is 14.4. The number of phenols is 1. The molecule has 0 bridgehead atoms. The van der Waals surface area contributed by atoms with Crippen LogP contribution >= 0.6 is 39.9 Å². The standard InChI is InChI=1S/C18H13BrN2O5S2/c1-2-26-15-7-10(13(19)9-14(15)22)8-16-17(23)20(18(27)28-16)11-3-5-12(6-4-11)21(24)25/h3-9,22H,2H2,1H3/b16-8+. The third-order valence-electron chi connectivity index (χ3n) is 3.78. The zero-order chi connectivity index (χ0) is 20.4. The average molecular weight is 481 g/mol. The van der Waals surface area contributed by atoms with Gasteiger partial charge in [-0.3, -0.25) is 19.8 Å². The molecule has 1 aliphatic rings. The van der Waals surface area contributed by atoms with Crippen molar-refractivity contribution in [3.63, 3.8) is 0 Å². The van der Waals surface area contributed by atoms with Gasteiger partial charge in [-0.25, -0.2) is 0 Å². The number of nitro groups is 1. The molecule has 0 radical (unpaired) electrons. The maximum atomic E-state index is 12.8. The highest BCUT2D eigenvalue weighted by molar-refractivity contribution is 9.10. The van der Waals surface area contributed by atoms with E-state index in [2.05, 4.69) is 15.9 Å². The molecule has 7 nitrogen and oxygen atoms in total. The van der Waals surface area contributed by atoms with Crippen molar-refractivity contribution >= 4 is 67.6 Å². The predicted octanol–water partition coefficient (Wildman–Crippen LogP) is 4.87. The molecular formula is C18H13BrN2O5S2. The van der Waals surface area contributed by atoms with E-state index in [-0.39, 0.29) is 17.3 Å². The highest BCUT2D eigenvalue weighted by atomic mass is 79.9. The van der Waals surface area contributed by atoms with E-state index in [9.17, 15) is 20.0 Å². The third-order valence-corrected chi connectivity index (χ3v) is 5.77. The number of thiocarbonyl (C=S) groups is 1. The van der Waals surface area contributed by atoms with Crippen LogP contribution in [0.5, 0.6) is 11.5 Å². The van der Waals surface area contributed by atoms with Gasteiger partial charge in [-0.15, -0.1) is 0 Å². The number of carbonyl (C=O) groups is 1. The minimum atomic E-state index is -0.508. The summed E-state index contributed by atoms with van der Waals surface area (Å²) in [6, 6.07) is 8.73. The first-order valence-corrected chi connectivity index (χ1v) is 10.0. The number of phenolic OH excluding ortho intramolecular Hbond substituents is 1. The lowest BCUT2D eigenvalue weighted by molar-refractivity contribution is -0.384. The SMILES string of the molecule is CCOc1cc(/C=C2/SC(=S)N(c3ccc([N+](=O)[O-])cc3)C2=O)c(Br)cc1O. The van der Waals surface area contributed by atoms with Crippen molar-refractivity contribution in [1.29, 1.82) is 0 Å². The van der Waals surface area contributed by atoms with Gasteiger partial charge < -0.3 is 9.84 Å². The molecule has 1 aliphatic heterocycles. The van der Waals surface area contributed by atoms with Crippen LogP contribution in [0.25, 0.3) is 6.08 Å². The van der Waals surface area contributed by atoms with Crippen molar-refractivity contribution in [2.75, 3.05) is 11.5 Å². The molecule has 10 heteroatoms. The number of benzene rings is 2. The summed E-state index contributed by atoms with van der Waals surface area (Å²) < 4.78 is 6.30. The van der Waals surface area contributed by atoms with Gasteiger partial charge in [0.05, 0.1) is 22.1 Å². The second kappa shape index (κ2) is 8.29. The van der Waals surface area contributed by atoms with Gasteiger partial charge in [-0.2, -0.15) is 0 Å². The fourth-order valence-corrected chi connectivity index (χ4v) is 4.23. The Balaban J connectivity index is 1.93. The monoisotopic (exact) mass is 480 g/mol. The van der Waals surface area contributed by atoms with E-state index in [1.165, 1.54) is 35.2 Å². The van der Waals surface area contributed by atoms with Gasteiger partial charge in [-0.05, 0) is 42.8 Å². The highest BCUT2D eigenvalue weighted by Crippen LogP contribution is 2.39. The van der Waals surface area contributed by atoms with Gasteiger partial charge in [0.15, 0.2) is 15.8 Å². The molecule has 0 unspecified atom stereocenters. The second-order valence-corrected chi connectivity index (χ2v) is 8.10. The van der Waals surface area contributed by atoms with E-state index in [0.717, 1.165) is 11.8 Å². The molecule has 0 atom stereocenters. The fraction of sp³-hybridized carbons (Fsp3) is 0.111. The van der Waals surface area contributed by atoms with E-state index in [1.807, 2.05) is 0 Å². The molecule has 0 aromatic heterocycles. The van der Waals surface area contributed by atoms with Crippen LogP contribution in [0.15, 0.2) is 45.8 Å². The Morgan fingerprint density at radius 1 is 1.36 bits per heavy atom. The summed E-state index contributed by atoms with van der Waals surface area (Å²) in [4.78, 5) is 24.9. The third kappa shape index (κ3) is 4.03. The molecule has 0 spiro atoms. The Hall–Kier alpha value is -2.43. The molecule has 1 fully saturated rings. The molecule has 2 aromatic carbocycles. The van der Waals surface area contributed by atoms with Crippen LogP contribution in [-0.4, -0.2) is 26.9 Å². The molecule has 1 N–H and O–H groups in total. The fourth-order valence-electron chi connectivity index (χ4n) is 2.50. The number of halogens is 1. The van der Waals surface area contributed by atoms with Crippen LogP contribution in [0, 0.1) is 10.1 Å². The molecule has 144 valence electrons. The lowest BCUT2D eigenvalue weighted by Gasteiger charge is -2.14. The summed E-state index contributed by atoms with van der Waals surface area (Å²) in [7, 11) is 0. The van der Waals surface area contributed by atoms with Crippen molar-refractivity contribution < 1.29 is 19.6 Å². The van der Waals surface area contributed by atoms with E-state index in [0.29, 0.717) is 37.3 Å². The van der Waals surface area contributed by atoms with Crippen LogP contribution in [0.2, 0.25) is 0 Å². The summed E-state index contributed by atoms with van der Waals surface area (Å²) in [5.74, 6) is -0.0334. The lowest BCUT2D eigenvalue weighted by atomic mass is 10.1. The summed E-state index contributed by atoms with van der Waals surface area (Å²) >= 11 is 9.81. The van der Waals surface area contributed by atoms with Crippen LogP contribution in [0.3, 0.4) is 0 Å². The Labute approximate surface area is 178 Å². The van der Waals surface area contributed by atoms with Crippen LogP contribution in [-0.2, 0) is 4.79 Å². The van der Waals surface area contributed by atoms with Crippen LogP contribution < -0.4 is 9.64 Å². The van der Waals surface area contributed by atoms with Gasteiger partial charge in [-0.1, -0.05) is 39.9 Å². The van der Waals surface area contributed by atoms with Crippen molar-refractivity contribution in [1.82, 2.24) is 0 Å². The van der Waals surface area contributed by atoms with Gasteiger partial charge in [0.25, 0.3) is 11.6 Å². The van der Waals surface area contributed by atoms with Crippen LogP contribution in [0.4, 0.5) is 11.4 Å². The molecule has 0 aliphatic carbocycles. The van der Waals surface area contributed by atoms with Crippen LogP contribution in [0.1, 0.15) is 12.5 Å². The van der Waals surface area contributed by atoms with Gasteiger partial charge >= 0.3 is 0 Å². The van der Waals surface area contributed by atoms with Gasteiger partial charge in [0, 0.05) is 16.6 Å². The van der Waals surface area contributed by atoms with Crippen molar-refractivity contribution in [2.45, 2.75) is 6.92 Å². The minimum Gasteiger partial charge on any atom is -0.504 e. The molecule has 1 amide bonds. The summed E-state index contributed by atoms with van der Waals surface area (Å²) in [6.07, 6.45) is 1.65. The first-order valence-electron chi connectivity index (χ1n) is 7.99. The number of nitrogens with zero attached hydrogens (tertiary/aromatic N) is 2. The molecule has 2 aromatic rings. The van der Waals surface area contributed by atoms with Crippen molar-refractivity contribution in [3.05, 3.63) is 61.5 Å². The molecular weight excluding hydrogens is 468 g/mol. The first-order chi connectivity index (χ1) is 13.3. The Morgan fingerprint density at radius 3 is 2.64 bits per heavy atom. The highest BCUT2D eigenvalue weighted by Gasteiger charge is 2.33. The summed E-state index contributed by atoms with van der Waals surface area (Å²) in [5, 5.41) is 20.7. The first kappa shape index (κ1) is 20.3. The number of hydrogen-bond donors (Lipinski definition) is 1. The number of thioether (sulfide) groups is 1. The summed E-state index contributed by atoms with van der Waals surface area (Å²) in [6.45, 7) is 2.19. The molecule has 28 heavy (non-hydrogen) atoms. The number of anilines is 1. The van der Waals surface area contributed by atoms with Crippen molar-refractivity contribution in [2.24, 2.45) is 0 Å². The Kier molecular flexibility index (Phi) is 6.01. The summed E-state index contributed by atoms with van der Waals surface area (Å²) in [5.41, 5.74) is 1.03. The van der Waals surface area contributed by atoms with E-state index >= 15 is 0 Å². The number of amides is 1. The maximum Gasteiger partial charge on any atom is 0.270 e. The van der Waals surface area contributed by atoms with Gasteiger partial charge in [0.2, 0.25) is 0 Å². The van der Waals surface area contributed by atoms with Gasteiger partial charge in [0.1, 0.15) is 0 Å². The van der Waals surface area contributed by atoms with E-state index in [4.69, 9.17) is 17.0 Å². The Bertz CT molecular complexity index is 1010. The normalized spacial score (nSPS) is 15.4. The molecule has 0 saturated carbocycles. The smallest absolute Gasteiger partial charge is 0.270 e. The number of hydrogen-bond acceptors (Lipinski definition) is 7. The lowest BCUT2D eigenvalue weighted by Crippen LogP contribution is -2.27. The number of rotatable bonds is 5. The Morgan fingerprint density at radius 2 is 2.04 bits per heavy atom. The topological polar surface area (TPSA) is 92.9 Å². The number of aromatic hydroxyl groups is 1. The number of non-ortho nitro benzene ring substituents is 1. The largest absolute Gasteiger partial charge is 0.504 e. The molecule has 3 rings (SSSR count). The number of ether oxygens (including phenoxy) is 1. The molecule has 1 heterocycles. The zero-order valence-corrected chi connectivity index (χ0v) is 17.6. The van der Waals surface area contributed by atoms with Crippen molar-refractivity contribution in [3.8, 4) is 11.5 Å². The minimum absolute atomic E-state index is 0.00990.